The lowest BCUT2D eigenvalue weighted by atomic mass is 10.2. The van der Waals surface area contributed by atoms with Gasteiger partial charge in [0.15, 0.2) is 14.0 Å². The maximum Gasteiger partial charge on any atom is 0.192 e. The van der Waals surface area contributed by atoms with Gasteiger partial charge in [-0.1, -0.05) is 32.4 Å². The summed E-state index contributed by atoms with van der Waals surface area (Å²) in [6.45, 7) is 11.8. The van der Waals surface area contributed by atoms with Crippen molar-refractivity contribution in [1.82, 2.24) is 19.6 Å². The molecule has 0 N–H and O–H groups in total. The van der Waals surface area contributed by atoms with E-state index in [0.717, 1.165) is 22.6 Å². The van der Waals surface area contributed by atoms with Crippen molar-refractivity contribution in [2.24, 2.45) is 0 Å². The number of hydrogen-bond donors (Lipinski definition) is 0. The van der Waals surface area contributed by atoms with Gasteiger partial charge in [-0.05, 0) is 48.0 Å². The Kier molecular flexibility index (Phi) is 4.70. The van der Waals surface area contributed by atoms with Crippen LogP contribution in [-0.4, -0.2) is 27.9 Å². The molecule has 0 aromatic carbocycles. The van der Waals surface area contributed by atoms with Crippen molar-refractivity contribution in [3.05, 3.63) is 47.4 Å². The van der Waals surface area contributed by atoms with Gasteiger partial charge in [0.1, 0.15) is 10.8 Å². The quantitative estimate of drug-likeness (QED) is 0.605. The third-order valence-corrected chi connectivity index (χ3v) is 9.46. The van der Waals surface area contributed by atoms with Crippen LogP contribution in [0.4, 0.5) is 0 Å². The molecule has 7 heteroatoms. The minimum atomic E-state index is -1.78. The van der Waals surface area contributed by atoms with E-state index in [4.69, 9.17) is 16.0 Å². The maximum atomic E-state index is 6.30. The Morgan fingerprint density at radius 2 is 1.92 bits per heavy atom. The Labute approximate surface area is 154 Å². The zero-order valence-electron chi connectivity index (χ0n) is 15.2. The van der Waals surface area contributed by atoms with Crippen LogP contribution in [0.25, 0.3) is 17.0 Å². The molecule has 5 nitrogen and oxygen atoms in total. The molecule has 0 fully saturated rings. The largest absolute Gasteiger partial charge is 0.413 e. The van der Waals surface area contributed by atoms with E-state index < -0.39 is 8.32 Å². The summed E-state index contributed by atoms with van der Waals surface area (Å²) < 4.78 is 7.97. The molecule has 3 rings (SSSR count). The second-order valence-electron chi connectivity index (χ2n) is 7.68. The van der Waals surface area contributed by atoms with E-state index in [1.54, 1.807) is 16.8 Å². The molecule has 0 spiro atoms. The monoisotopic (exact) mass is 374 g/mol. The number of pyridine rings is 1. The van der Waals surface area contributed by atoms with E-state index in [1.165, 1.54) is 0 Å². The van der Waals surface area contributed by atoms with Gasteiger partial charge in [-0.2, -0.15) is 5.10 Å². The van der Waals surface area contributed by atoms with Crippen molar-refractivity contribution >= 4 is 25.6 Å². The normalized spacial score (nSPS) is 12.7. The van der Waals surface area contributed by atoms with Gasteiger partial charge >= 0.3 is 0 Å². The molecular weight excluding hydrogens is 352 g/mol. The maximum absolute atomic E-state index is 6.30. The smallest absolute Gasteiger partial charge is 0.192 e. The molecule has 0 saturated carbocycles. The fourth-order valence-corrected chi connectivity index (χ4v) is 3.27. The minimum Gasteiger partial charge on any atom is -0.413 e. The first-order chi connectivity index (χ1) is 11.7. The van der Waals surface area contributed by atoms with E-state index in [1.807, 2.05) is 24.4 Å². The van der Waals surface area contributed by atoms with E-state index in [0.29, 0.717) is 11.8 Å². The molecule has 0 saturated heterocycles. The third-order valence-electron chi connectivity index (χ3n) is 4.78. The van der Waals surface area contributed by atoms with Crippen LogP contribution < -0.4 is 0 Å². The Morgan fingerprint density at radius 3 is 2.64 bits per heavy atom. The first-order valence-electron chi connectivity index (χ1n) is 8.27. The highest BCUT2D eigenvalue weighted by Gasteiger charge is 2.37. The van der Waals surface area contributed by atoms with Crippen LogP contribution in [0.1, 0.15) is 26.3 Å². The molecule has 0 amide bonds. The Morgan fingerprint density at radius 1 is 1.16 bits per heavy atom. The minimum absolute atomic E-state index is 0.190. The van der Waals surface area contributed by atoms with Crippen LogP contribution in [0, 0.1) is 0 Å². The van der Waals surface area contributed by atoms with Crippen LogP contribution >= 0.6 is 11.6 Å². The summed E-state index contributed by atoms with van der Waals surface area (Å²) in [5, 5.41) is 4.83. The van der Waals surface area contributed by atoms with Gasteiger partial charge in [0.05, 0.1) is 18.5 Å². The van der Waals surface area contributed by atoms with Crippen LogP contribution in [0.5, 0.6) is 0 Å². The highest BCUT2D eigenvalue weighted by atomic mass is 35.5. The standard InChI is InChI=1S/C18H23ClN4OSi/c1-18(2,3)25(4,5)24-12-13-8-9-20-14(10-13)15-11-23-17(21-15)7-6-16(19)22-23/h6-11H,12H2,1-5H3. The van der Waals surface area contributed by atoms with Crippen molar-refractivity contribution in [2.75, 3.05) is 0 Å². The number of hydrogen-bond acceptors (Lipinski definition) is 4. The zero-order valence-corrected chi connectivity index (χ0v) is 17.0. The van der Waals surface area contributed by atoms with Gasteiger partial charge in [0.2, 0.25) is 0 Å². The summed E-state index contributed by atoms with van der Waals surface area (Å²) in [5.74, 6) is 0. The van der Waals surface area contributed by atoms with E-state index in [2.05, 4.69) is 48.9 Å². The van der Waals surface area contributed by atoms with Gasteiger partial charge in [-0.3, -0.25) is 4.98 Å². The van der Waals surface area contributed by atoms with Gasteiger partial charge in [-0.25, -0.2) is 9.50 Å². The van der Waals surface area contributed by atoms with Gasteiger partial charge in [0, 0.05) is 6.20 Å². The summed E-state index contributed by atoms with van der Waals surface area (Å²) in [4.78, 5) is 9.00. The van der Waals surface area contributed by atoms with E-state index >= 15 is 0 Å². The highest BCUT2D eigenvalue weighted by Crippen LogP contribution is 2.37. The first kappa shape index (κ1) is 18.0. The van der Waals surface area contributed by atoms with Crippen molar-refractivity contribution < 1.29 is 4.43 Å². The SMILES string of the molecule is CC(C)(C)[Si](C)(C)OCc1ccnc(-c2cn3nc(Cl)ccc3n2)c1. The molecule has 0 aliphatic heterocycles. The average Bonchev–Trinajstić information content (AvgIpc) is 2.95. The summed E-state index contributed by atoms with van der Waals surface area (Å²) in [5.41, 5.74) is 3.41. The lowest BCUT2D eigenvalue weighted by Crippen LogP contribution is -2.40. The Bertz CT molecular complexity index is 901. The zero-order chi connectivity index (χ0) is 18.2. The van der Waals surface area contributed by atoms with Crippen molar-refractivity contribution in [3.8, 4) is 11.4 Å². The molecule has 0 aliphatic carbocycles. The number of aromatic nitrogens is 4. The topological polar surface area (TPSA) is 52.3 Å². The molecule has 0 atom stereocenters. The molecule has 0 radical (unpaired) electrons. The number of rotatable bonds is 4. The molecule has 3 aromatic heterocycles. The molecule has 0 aliphatic rings. The first-order valence-corrected chi connectivity index (χ1v) is 11.6. The predicted molar refractivity (Wildman–Crippen MR) is 103 cm³/mol. The van der Waals surface area contributed by atoms with Crippen LogP contribution in [0.3, 0.4) is 0 Å². The molecule has 0 bridgehead atoms. The lowest BCUT2D eigenvalue weighted by Gasteiger charge is -2.36. The summed E-state index contributed by atoms with van der Waals surface area (Å²) in [6.07, 6.45) is 3.63. The van der Waals surface area contributed by atoms with E-state index in [9.17, 15) is 0 Å². The van der Waals surface area contributed by atoms with Gasteiger partial charge in [-0.15, -0.1) is 0 Å². The average molecular weight is 375 g/mol. The third kappa shape index (κ3) is 3.91. The fraction of sp³-hybridized carbons (Fsp3) is 0.389. The van der Waals surface area contributed by atoms with E-state index in [-0.39, 0.29) is 5.04 Å². The van der Waals surface area contributed by atoms with Crippen LogP contribution in [0.2, 0.25) is 23.3 Å². The molecule has 25 heavy (non-hydrogen) atoms. The highest BCUT2D eigenvalue weighted by molar-refractivity contribution is 6.74. The Hall–Kier alpha value is -1.76. The van der Waals surface area contributed by atoms with Crippen molar-refractivity contribution in [2.45, 2.75) is 45.5 Å². The second-order valence-corrected chi connectivity index (χ2v) is 12.9. The van der Waals surface area contributed by atoms with Crippen molar-refractivity contribution in [1.29, 1.82) is 0 Å². The summed E-state index contributed by atoms with van der Waals surface area (Å²) in [6, 6.07) is 7.58. The summed E-state index contributed by atoms with van der Waals surface area (Å²) >= 11 is 5.93. The lowest BCUT2D eigenvalue weighted by molar-refractivity contribution is 0.276. The Balaban J connectivity index is 1.83. The number of fused-ring (bicyclic) bond motifs is 1. The fourth-order valence-electron chi connectivity index (χ4n) is 2.17. The molecule has 3 aromatic rings. The van der Waals surface area contributed by atoms with Gasteiger partial charge < -0.3 is 4.43 Å². The number of nitrogens with zero attached hydrogens (tertiary/aromatic N) is 4. The van der Waals surface area contributed by atoms with Gasteiger partial charge in [0.25, 0.3) is 0 Å². The number of imidazole rings is 1. The van der Waals surface area contributed by atoms with Crippen LogP contribution in [-0.2, 0) is 11.0 Å². The second kappa shape index (κ2) is 6.51. The molecular formula is C18H23ClN4OSi. The predicted octanol–water partition coefficient (Wildman–Crippen LogP) is 4.97. The molecule has 132 valence electrons. The van der Waals surface area contributed by atoms with Crippen LogP contribution in [0.15, 0.2) is 36.7 Å². The molecule has 0 unspecified atom stereocenters. The number of halogens is 1. The van der Waals surface area contributed by atoms with Crippen molar-refractivity contribution in [3.63, 3.8) is 0 Å². The molecule has 3 heterocycles. The summed E-state index contributed by atoms with van der Waals surface area (Å²) in [7, 11) is -1.78.